The summed E-state index contributed by atoms with van der Waals surface area (Å²) in [7, 11) is 1.55. The smallest absolute Gasteiger partial charge is 0.297 e. The van der Waals surface area contributed by atoms with Crippen LogP contribution < -0.4 is 20.9 Å². The fourth-order valence-corrected chi connectivity index (χ4v) is 3.41. The highest BCUT2D eigenvalue weighted by Crippen LogP contribution is 2.37. The second-order valence-electron chi connectivity index (χ2n) is 8.44. The average Bonchev–Trinajstić information content (AvgIpc) is 3.80. The summed E-state index contributed by atoms with van der Waals surface area (Å²) >= 11 is 0. The Labute approximate surface area is 201 Å². The summed E-state index contributed by atoms with van der Waals surface area (Å²) < 4.78 is 7.41. The third-order valence-electron chi connectivity index (χ3n) is 5.64. The van der Waals surface area contributed by atoms with E-state index in [-0.39, 0.29) is 29.4 Å². The number of hydroxylamine groups is 1. The van der Waals surface area contributed by atoms with Crippen molar-refractivity contribution >= 4 is 29.0 Å². The van der Waals surface area contributed by atoms with Gasteiger partial charge in [0.25, 0.3) is 5.91 Å². The number of carbonyl (C=O) groups excluding carboxylic acids is 2. The molecule has 35 heavy (non-hydrogen) atoms. The number of methoxy groups -OCH3 is 1. The number of nitrogens with one attached hydrogen (secondary N) is 3. The number of hydrogen-bond donors (Lipinski definition) is 3. The molecule has 3 N–H and O–H groups in total. The molecule has 12 heteroatoms. The minimum Gasteiger partial charge on any atom is -0.494 e. The summed E-state index contributed by atoms with van der Waals surface area (Å²) in [5, 5.41) is 18.5. The minimum absolute atomic E-state index is 0.00432. The maximum absolute atomic E-state index is 12.8. The van der Waals surface area contributed by atoms with Crippen LogP contribution in [0.5, 0.6) is 5.75 Å². The first kappa shape index (κ1) is 22.7. The van der Waals surface area contributed by atoms with Gasteiger partial charge in [-0.05, 0) is 44.7 Å². The Morgan fingerprint density at radius 2 is 1.97 bits per heavy atom. The SMILES string of the molecule is CCn1cnc(-c2cccc(Nc3cc(NC(=O)C4CC4)nnc3C(=O)NOC3CC3)c2OC)n1. The first-order chi connectivity index (χ1) is 17.1. The molecule has 2 saturated carbocycles. The number of aromatic nitrogens is 5. The lowest BCUT2D eigenvalue weighted by molar-refractivity contribution is -0.117. The minimum atomic E-state index is -0.551. The molecule has 2 fully saturated rings. The zero-order valence-electron chi connectivity index (χ0n) is 19.4. The normalized spacial score (nSPS) is 14.9. The van der Waals surface area contributed by atoms with Gasteiger partial charge in [-0.2, -0.15) is 5.10 Å². The number of nitrogens with zero attached hydrogens (tertiary/aromatic N) is 5. The second kappa shape index (κ2) is 9.66. The number of rotatable bonds is 10. The third kappa shape index (κ3) is 5.22. The van der Waals surface area contributed by atoms with E-state index in [2.05, 4.69) is 36.4 Å². The molecule has 2 aliphatic rings. The van der Waals surface area contributed by atoms with Crippen LogP contribution in [-0.2, 0) is 16.2 Å². The first-order valence-electron chi connectivity index (χ1n) is 11.5. The molecule has 0 radical (unpaired) electrons. The van der Waals surface area contributed by atoms with E-state index in [1.165, 1.54) is 0 Å². The van der Waals surface area contributed by atoms with Gasteiger partial charge in [0, 0.05) is 18.5 Å². The van der Waals surface area contributed by atoms with Crippen molar-refractivity contribution in [2.24, 2.45) is 5.92 Å². The van der Waals surface area contributed by atoms with Crippen LogP contribution in [-0.4, -0.2) is 50.0 Å². The monoisotopic (exact) mass is 478 g/mol. The predicted octanol–water partition coefficient (Wildman–Crippen LogP) is 2.68. The average molecular weight is 479 g/mol. The van der Waals surface area contributed by atoms with Crippen LogP contribution in [0, 0.1) is 5.92 Å². The molecule has 12 nitrogen and oxygen atoms in total. The maximum atomic E-state index is 12.8. The molecule has 182 valence electrons. The van der Waals surface area contributed by atoms with Crippen molar-refractivity contribution in [1.29, 1.82) is 0 Å². The van der Waals surface area contributed by atoms with Gasteiger partial charge in [-0.15, -0.1) is 10.2 Å². The van der Waals surface area contributed by atoms with Gasteiger partial charge in [0.15, 0.2) is 23.1 Å². The standard InChI is InChI=1S/C23H26N8O4/c1-3-31-12-24-21(29-31)15-5-4-6-16(20(15)34-2)25-17-11-18(26-22(32)13-7-8-13)27-28-19(17)23(33)30-35-14-9-10-14/h4-6,11-14H,3,7-10H2,1-2H3,(H,30,33)(H2,25,26,27,32). The van der Waals surface area contributed by atoms with E-state index in [1.807, 2.05) is 19.1 Å². The van der Waals surface area contributed by atoms with Gasteiger partial charge in [-0.1, -0.05) is 6.07 Å². The highest BCUT2D eigenvalue weighted by atomic mass is 16.7. The highest BCUT2D eigenvalue weighted by molar-refractivity contribution is 5.99. The van der Waals surface area contributed by atoms with Crippen LogP contribution in [0.4, 0.5) is 17.2 Å². The molecule has 0 aliphatic heterocycles. The van der Waals surface area contributed by atoms with Gasteiger partial charge in [0.05, 0.1) is 30.2 Å². The Morgan fingerprint density at radius 3 is 2.66 bits per heavy atom. The van der Waals surface area contributed by atoms with Crippen LogP contribution in [0.25, 0.3) is 11.4 Å². The number of amides is 2. The molecular formula is C23H26N8O4. The van der Waals surface area contributed by atoms with Crippen LogP contribution in [0.2, 0.25) is 0 Å². The molecule has 0 spiro atoms. The lowest BCUT2D eigenvalue weighted by atomic mass is 10.1. The van der Waals surface area contributed by atoms with Crippen LogP contribution in [0.3, 0.4) is 0 Å². The summed E-state index contributed by atoms with van der Waals surface area (Å²) in [4.78, 5) is 34.7. The summed E-state index contributed by atoms with van der Waals surface area (Å²) in [6.07, 6.45) is 5.18. The van der Waals surface area contributed by atoms with Crippen LogP contribution >= 0.6 is 0 Å². The van der Waals surface area contributed by atoms with E-state index in [0.29, 0.717) is 35.1 Å². The quantitative estimate of drug-likeness (QED) is 0.374. The summed E-state index contributed by atoms with van der Waals surface area (Å²) in [5.74, 6) is 0.565. The molecule has 2 heterocycles. The highest BCUT2D eigenvalue weighted by Gasteiger charge is 2.30. The number of para-hydroxylation sites is 1. The van der Waals surface area contributed by atoms with Crippen molar-refractivity contribution in [2.45, 2.75) is 45.3 Å². The van der Waals surface area contributed by atoms with Crippen molar-refractivity contribution < 1.29 is 19.2 Å². The Hall–Kier alpha value is -4.06. The molecule has 0 bridgehead atoms. The molecule has 0 unspecified atom stereocenters. The Bertz CT molecular complexity index is 1250. The van der Waals surface area contributed by atoms with Gasteiger partial charge < -0.3 is 15.4 Å². The van der Waals surface area contributed by atoms with Crippen LogP contribution in [0.15, 0.2) is 30.6 Å². The molecular weight excluding hydrogens is 452 g/mol. The largest absolute Gasteiger partial charge is 0.494 e. The van der Waals surface area contributed by atoms with Gasteiger partial charge in [-0.25, -0.2) is 10.5 Å². The second-order valence-corrected chi connectivity index (χ2v) is 8.44. The maximum Gasteiger partial charge on any atom is 0.297 e. The van der Waals surface area contributed by atoms with E-state index in [4.69, 9.17) is 9.57 Å². The molecule has 0 saturated heterocycles. The molecule has 3 aromatic rings. The molecule has 2 aromatic heterocycles. The Morgan fingerprint density at radius 1 is 1.14 bits per heavy atom. The number of ether oxygens (including phenoxy) is 1. The fourth-order valence-electron chi connectivity index (χ4n) is 3.41. The number of anilines is 3. The molecule has 2 amide bonds. The van der Waals surface area contributed by atoms with Crippen molar-refractivity contribution in [3.8, 4) is 17.1 Å². The number of carbonyl (C=O) groups is 2. The Kier molecular flexibility index (Phi) is 6.27. The lowest BCUT2D eigenvalue weighted by Crippen LogP contribution is -2.27. The zero-order valence-corrected chi connectivity index (χ0v) is 19.4. The van der Waals surface area contributed by atoms with E-state index < -0.39 is 5.91 Å². The first-order valence-corrected chi connectivity index (χ1v) is 11.5. The van der Waals surface area contributed by atoms with E-state index in [0.717, 1.165) is 25.7 Å². The molecule has 0 atom stereocenters. The molecule has 2 aliphatic carbocycles. The molecule has 5 rings (SSSR count). The van der Waals surface area contributed by atoms with E-state index in [9.17, 15) is 9.59 Å². The lowest BCUT2D eigenvalue weighted by Gasteiger charge is -2.16. The van der Waals surface area contributed by atoms with E-state index in [1.54, 1.807) is 30.3 Å². The van der Waals surface area contributed by atoms with E-state index >= 15 is 0 Å². The van der Waals surface area contributed by atoms with Crippen molar-refractivity contribution in [3.63, 3.8) is 0 Å². The summed E-state index contributed by atoms with van der Waals surface area (Å²) in [5.41, 5.74) is 4.00. The number of aryl methyl sites for hydroxylation is 1. The zero-order chi connectivity index (χ0) is 24.4. The van der Waals surface area contributed by atoms with Gasteiger partial charge in [-0.3, -0.25) is 19.1 Å². The Balaban J connectivity index is 1.47. The van der Waals surface area contributed by atoms with Gasteiger partial charge in [0.1, 0.15) is 6.33 Å². The van der Waals surface area contributed by atoms with Crippen molar-refractivity contribution in [2.75, 3.05) is 17.7 Å². The topological polar surface area (TPSA) is 145 Å². The van der Waals surface area contributed by atoms with Gasteiger partial charge in [0.2, 0.25) is 5.91 Å². The van der Waals surface area contributed by atoms with Crippen LogP contribution in [0.1, 0.15) is 43.1 Å². The fraction of sp³-hybridized carbons (Fsp3) is 0.391. The third-order valence-corrected chi connectivity index (χ3v) is 5.64. The summed E-state index contributed by atoms with van der Waals surface area (Å²) in [6.45, 7) is 2.66. The molecule has 1 aromatic carbocycles. The van der Waals surface area contributed by atoms with Crippen molar-refractivity contribution in [3.05, 3.63) is 36.3 Å². The number of benzene rings is 1. The van der Waals surface area contributed by atoms with Gasteiger partial charge >= 0.3 is 0 Å². The summed E-state index contributed by atoms with van der Waals surface area (Å²) in [6, 6.07) is 7.04. The number of hydrogen-bond acceptors (Lipinski definition) is 9. The van der Waals surface area contributed by atoms with Crippen molar-refractivity contribution in [1.82, 2.24) is 30.4 Å². The predicted molar refractivity (Wildman–Crippen MR) is 126 cm³/mol.